The molecule has 0 rings (SSSR count). The van der Waals surface area contributed by atoms with Crippen LogP contribution in [0.15, 0.2) is 4.99 Å². The Morgan fingerprint density at radius 3 is 2.30 bits per heavy atom. The van der Waals surface area contributed by atoms with Gasteiger partial charge in [-0.25, -0.2) is 13.2 Å². The molecule has 1 amide bonds. The van der Waals surface area contributed by atoms with Crippen molar-refractivity contribution >= 4 is 45.9 Å². The lowest BCUT2D eigenvalue weighted by molar-refractivity contribution is 0.0522. The van der Waals surface area contributed by atoms with Gasteiger partial charge >= 0.3 is 6.09 Å². The minimum Gasteiger partial charge on any atom is -0.444 e. The van der Waals surface area contributed by atoms with Crippen LogP contribution in [-0.2, 0) is 14.6 Å². The Bertz CT molecular complexity index is 548. The maximum atomic E-state index is 11.8. The number of halogens is 1. The van der Waals surface area contributed by atoms with Crippen LogP contribution in [0.5, 0.6) is 0 Å². The summed E-state index contributed by atoms with van der Waals surface area (Å²) in [7, 11) is -1.30. The van der Waals surface area contributed by atoms with Crippen molar-refractivity contribution in [3.8, 4) is 0 Å². The van der Waals surface area contributed by atoms with E-state index in [0.29, 0.717) is 25.5 Å². The summed E-state index contributed by atoms with van der Waals surface area (Å²) in [5.74, 6) is 0.724. The summed E-state index contributed by atoms with van der Waals surface area (Å²) < 4.78 is 27.6. The molecule has 0 saturated carbocycles. The Kier molecular flexibility index (Phi) is 15.0. The number of nitrogens with one attached hydrogen (secondary N) is 3. The number of hydrogen-bond acceptors (Lipinski definition) is 5. The standard InChI is InChI=1S/C17H36N4O4S.HI/c1-7-8-10-14(13-20-16(22)25-17(2,3)4)21-15(18-5)19-11-9-12-26(6,23)24;/h14H,7-13H2,1-6H3,(H,20,22)(H2,18,19,21);1H. The van der Waals surface area contributed by atoms with E-state index in [1.165, 1.54) is 6.26 Å². The summed E-state index contributed by atoms with van der Waals surface area (Å²) in [5.41, 5.74) is -0.534. The van der Waals surface area contributed by atoms with Gasteiger partial charge < -0.3 is 20.7 Å². The first-order valence-electron chi connectivity index (χ1n) is 9.08. The monoisotopic (exact) mass is 520 g/mol. The van der Waals surface area contributed by atoms with E-state index in [1.807, 2.05) is 20.8 Å². The number of nitrogens with zero attached hydrogens (tertiary/aromatic N) is 1. The molecule has 0 aliphatic rings. The fourth-order valence-electron chi connectivity index (χ4n) is 2.13. The number of sulfone groups is 1. The van der Waals surface area contributed by atoms with Crippen molar-refractivity contribution in [2.45, 2.75) is 65.0 Å². The van der Waals surface area contributed by atoms with Crippen LogP contribution in [0.4, 0.5) is 4.79 Å². The molecule has 0 fully saturated rings. The SMILES string of the molecule is CCCCC(CNC(=O)OC(C)(C)C)NC(=NC)NCCCS(C)(=O)=O.I. The molecule has 162 valence electrons. The molecule has 0 radical (unpaired) electrons. The van der Waals surface area contributed by atoms with Gasteiger partial charge in [-0.15, -0.1) is 24.0 Å². The molecule has 0 aromatic heterocycles. The zero-order valence-corrected chi connectivity index (χ0v) is 20.6. The van der Waals surface area contributed by atoms with Crippen molar-refractivity contribution in [1.29, 1.82) is 0 Å². The van der Waals surface area contributed by atoms with Crippen LogP contribution in [0, 0.1) is 0 Å². The van der Waals surface area contributed by atoms with E-state index in [2.05, 4.69) is 27.9 Å². The number of unbranched alkanes of at least 4 members (excludes halogenated alkanes) is 1. The van der Waals surface area contributed by atoms with E-state index in [-0.39, 0.29) is 35.8 Å². The highest BCUT2D eigenvalue weighted by molar-refractivity contribution is 14.0. The van der Waals surface area contributed by atoms with Gasteiger partial charge in [0, 0.05) is 32.4 Å². The number of aliphatic imine (C=N–C) groups is 1. The average molecular weight is 520 g/mol. The number of rotatable bonds is 10. The molecule has 3 N–H and O–H groups in total. The number of guanidine groups is 1. The summed E-state index contributed by atoms with van der Waals surface area (Å²) in [4.78, 5) is 16.0. The fraction of sp³-hybridized carbons (Fsp3) is 0.882. The first-order valence-corrected chi connectivity index (χ1v) is 11.1. The summed E-state index contributed by atoms with van der Waals surface area (Å²) in [6.07, 6.45) is 4.22. The lowest BCUT2D eigenvalue weighted by atomic mass is 10.1. The highest BCUT2D eigenvalue weighted by atomic mass is 127. The van der Waals surface area contributed by atoms with E-state index in [9.17, 15) is 13.2 Å². The summed E-state index contributed by atoms with van der Waals surface area (Å²) in [6, 6.07) is 0.00331. The minimum atomic E-state index is -2.96. The Hall–Kier alpha value is -0.780. The maximum absolute atomic E-state index is 11.8. The van der Waals surface area contributed by atoms with Crippen molar-refractivity contribution < 1.29 is 17.9 Å². The zero-order valence-electron chi connectivity index (χ0n) is 17.4. The van der Waals surface area contributed by atoms with Gasteiger partial charge in [0.15, 0.2) is 5.96 Å². The number of alkyl carbamates (subject to hydrolysis) is 1. The highest BCUT2D eigenvalue weighted by Gasteiger charge is 2.18. The Morgan fingerprint density at radius 2 is 1.81 bits per heavy atom. The Balaban J connectivity index is 0. The fourth-order valence-corrected chi connectivity index (χ4v) is 2.79. The van der Waals surface area contributed by atoms with E-state index in [4.69, 9.17) is 4.74 Å². The predicted molar refractivity (Wildman–Crippen MR) is 122 cm³/mol. The normalized spacial score (nSPS) is 13.3. The molecule has 0 spiro atoms. The van der Waals surface area contributed by atoms with E-state index in [1.54, 1.807) is 7.05 Å². The number of ether oxygens (including phenoxy) is 1. The molecule has 0 aliphatic carbocycles. The highest BCUT2D eigenvalue weighted by Crippen LogP contribution is 2.07. The van der Waals surface area contributed by atoms with E-state index >= 15 is 0 Å². The van der Waals surface area contributed by atoms with Gasteiger partial charge in [0.2, 0.25) is 0 Å². The third-order valence-electron chi connectivity index (χ3n) is 3.35. The first-order chi connectivity index (χ1) is 12.0. The van der Waals surface area contributed by atoms with Gasteiger partial charge in [-0.1, -0.05) is 19.8 Å². The van der Waals surface area contributed by atoms with Gasteiger partial charge in [-0.05, 0) is 33.6 Å². The molecular weight excluding hydrogens is 483 g/mol. The van der Waals surface area contributed by atoms with Crippen LogP contribution in [0.25, 0.3) is 0 Å². The lowest BCUT2D eigenvalue weighted by Gasteiger charge is -2.24. The quantitative estimate of drug-likeness (QED) is 0.177. The van der Waals surface area contributed by atoms with Gasteiger partial charge in [-0.2, -0.15) is 0 Å². The molecule has 0 heterocycles. The van der Waals surface area contributed by atoms with Crippen LogP contribution in [0.3, 0.4) is 0 Å². The minimum absolute atomic E-state index is 0. The van der Waals surface area contributed by atoms with Crippen molar-refractivity contribution in [2.24, 2.45) is 4.99 Å². The van der Waals surface area contributed by atoms with Crippen LogP contribution >= 0.6 is 24.0 Å². The molecular formula is C17H37IN4O4S. The van der Waals surface area contributed by atoms with Crippen LogP contribution in [0.1, 0.15) is 53.4 Å². The largest absolute Gasteiger partial charge is 0.444 e. The third kappa shape index (κ3) is 18.4. The predicted octanol–water partition coefficient (Wildman–Crippen LogP) is 2.29. The first kappa shape index (κ1) is 28.4. The van der Waals surface area contributed by atoms with E-state index < -0.39 is 21.5 Å². The van der Waals surface area contributed by atoms with Crippen molar-refractivity contribution in [1.82, 2.24) is 16.0 Å². The molecule has 0 aromatic carbocycles. The zero-order chi connectivity index (χ0) is 20.2. The molecule has 27 heavy (non-hydrogen) atoms. The van der Waals surface area contributed by atoms with Crippen LogP contribution < -0.4 is 16.0 Å². The molecule has 1 atom stereocenters. The molecule has 0 aromatic rings. The molecule has 10 heteroatoms. The smallest absolute Gasteiger partial charge is 0.407 e. The topological polar surface area (TPSA) is 109 Å². The summed E-state index contributed by atoms with van der Waals surface area (Å²) >= 11 is 0. The number of carbonyl (C=O) groups is 1. The van der Waals surface area contributed by atoms with Gasteiger partial charge in [-0.3, -0.25) is 4.99 Å². The Morgan fingerprint density at radius 1 is 1.19 bits per heavy atom. The molecule has 8 nitrogen and oxygen atoms in total. The van der Waals surface area contributed by atoms with Crippen LogP contribution in [-0.4, -0.2) is 64.3 Å². The Labute approximate surface area is 181 Å². The summed E-state index contributed by atoms with van der Waals surface area (Å²) in [6.45, 7) is 8.49. The van der Waals surface area contributed by atoms with Gasteiger partial charge in [0.25, 0.3) is 0 Å². The third-order valence-corrected chi connectivity index (χ3v) is 4.38. The van der Waals surface area contributed by atoms with E-state index in [0.717, 1.165) is 19.3 Å². The number of carbonyl (C=O) groups excluding carboxylic acids is 1. The average Bonchev–Trinajstić information content (AvgIpc) is 2.49. The molecule has 0 saturated heterocycles. The molecule has 0 aliphatic heterocycles. The number of amides is 1. The van der Waals surface area contributed by atoms with Crippen molar-refractivity contribution in [3.05, 3.63) is 0 Å². The molecule has 0 bridgehead atoms. The van der Waals surface area contributed by atoms with Gasteiger partial charge in [0.05, 0.1) is 5.75 Å². The van der Waals surface area contributed by atoms with Crippen molar-refractivity contribution in [2.75, 3.05) is 32.1 Å². The second-order valence-electron chi connectivity index (χ2n) is 7.35. The second kappa shape index (κ2) is 14.3. The number of hydrogen-bond donors (Lipinski definition) is 3. The van der Waals surface area contributed by atoms with Crippen molar-refractivity contribution in [3.63, 3.8) is 0 Å². The molecule has 1 unspecified atom stereocenters. The van der Waals surface area contributed by atoms with Crippen LogP contribution in [0.2, 0.25) is 0 Å². The second-order valence-corrected chi connectivity index (χ2v) is 9.61. The lowest BCUT2D eigenvalue weighted by Crippen LogP contribution is -2.49. The van der Waals surface area contributed by atoms with Gasteiger partial charge in [0.1, 0.15) is 15.4 Å². The maximum Gasteiger partial charge on any atom is 0.407 e. The summed E-state index contributed by atoms with van der Waals surface area (Å²) in [5, 5.41) is 9.16.